The van der Waals surface area contributed by atoms with E-state index in [0.717, 1.165) is 38.5 Å². The second-order valence-corrected chi connectivity index (χ2v) is 6.43. The first-order valence-electron chi connectivity index (χ1n) is 8.37. The van der Waals surface area contributed by atoms with Gasteiger partial charge in [-0.25, -0.2) is 0 Å². The molecule has 0 bridgehead atoms. The predicted molar refractivity (Wildman–Crippen MR) is 81.7 cm³/mol. The van der Waals surface area contributed by atoms with E-state index < -0.39 is 0 Å². The molecule has 0 aliphatic heterocycles. The molecule has 0 heterocycles. The summed E-state index contributed by atoms with van der Waals surface area (Å²) in [6.45, 7) is 7.26. The van der Waals surface area contributed by atoms with E-state index in [1.165, 1.54) is 0 Å². The lowest BCUT2D eigenvalue weighted by molar-refractivity contribution is -0.155. The van der Waals surface area contributed by atoms with Crippen molar-refractivity contribution in [3.8, 4) is 0 Å². The normalized spacial score (nSPS) is 22.1. The highest BCUT2D eigenvalue weighted by atomic mass is 16.5. The van der Waals surface area contributed by atoms with Crippen LogP contribution in [0.5, 0.6) is 0 Å². The second-order valence-electron chi connectivity index (χ2n) is 6.43. The van der Waals surface area contributed by atoms with E-state index in [0.29, 0.717) is 25.6 Å². The number of carbonyl (C=O) groups is 2. The van der Waals surface area contributed by atoms with E-state index in [2.05, 4.69) is 20.8 Å². The molecule has 2 unspecified atom stereocenters. The van der Waals surface area contributed by atoms with Crippen LogP contribution < -0.4 is 0 Å². The zero-order valence-corrected chi connectivity index (χ0v) is 13.7. The van der Waals surface area contributed by atoms with Gasteiger partial charge in [0.05, 0.1) is 25.0 Å². The van der Waals surface area contributed by atoms with Crippen molar-refractivity contribution in [2.75, 3.05) is 13.2 Å². The maximum absolute atomic E-state index is 12.0. The van der Waals surface area contributed by atoms with Crippen molar-refractivity contribution < 1.29 is 19.1 Å². The molecule has 0 spiro atoms. The Hall–Kier alpha value is -1.06. The van der Waals surface area contributed by atoms with Crippen molar-refractivity contribution in [3.63, 3.8) is 0 Å². The zero-order valence-electron chi connectivity index (χ0n) is 13.7. The highest BCUT2D eigenvalue weighted by molar-refractivity contribution is 5.76. The summed E-state index contributed by atoms with van der Waals surface area (Å²) < 4.78 is 10.6. The summed E-state index contributed by atoms with van der Waals surface area (Å²) in [5.74, 6) is 0.00294. The molecule has 0 aromatic heterocycles. The maximum atomic E-state index is 12.0. The fraction of sp³-hybridized carbons (Fsp3) is 0.882. The van der Waals surface area contributed by atoms with E-state index >= 15 is 0 Å². The average Bonchev–Trinajstić information content (AvgIpc) is 2.47. The monoisotopic (exact) mass is 298 g/mol. The van der Waals surface area contributed by atoms with Gasteiger partial charge in [0.25, 0.3) is 0 Å². The van der Waals surface area contributed by atoms with Crippen LogP contribution in [0.1, 0.15) is 65.7 Å². The van der Waals surface area contributed by atoms with Gasteiger partial charge in [-0.3, -0.25) is 9.59 Å². The van der Waals surface area contributed by atoms with Gasteiger partial charge in [-0.2, -0.15) is 0 Å². The van der Waals surface area contributed by atoms with Crippen LogP contribution in [0.25, 0.3) is 0 Å². The Balaban J connectivity index is 2.33. The topological polar surface area (TPSA) is 52.6 Å². The number of unbranched alkanes of at least 4 members (excludes halogenated alkanes) is 1. The highest BCUT2D eigenvalue weighted by Crippen LogP contribution is 2.30. The van der Waals surface area contributed by atoms with Crippen LogP contribution in [-0.4, -0.2) is 25.2 Å². The molecule has 2 atom stereocenters. The van der Waals surface area contributed by atoms with Gasteiger partial charge in [-0.1, -0.05) is 33.6 Å². The van der Waals surface area contributed by atoms with Crippen LogP contribution in [-0.2, 0) is 19.1 Å². The number of hydrogen-bond acceptors (Lipinski definition) is 4. The van der Waals surface area contributed by atoms with Crippen molar-refractivity contribution in [3.05, 3.63) is 0 Å². The molecule has 0 aromatic rings. The predicted octanol–water partition coefficient (Wildman–Crippen LogP) is 3.73. The lowest BCUT2D eigenvalue weighted by Crippen LogP contribution is -2.30. The molecule has 1 aliphatic carbocycles. The summed E-state index contributed by atoms with van der Waals surface area (Å²) in [5, 5.41) is 0. The van der Waals surface area contributed by atoms with Gasteiger partial charge in [0, 0.05) is 0 Å². The van der Waals surface area contributed by atoms with E-state index in [1.54, 1.807) is 0 Å². The Morgan fingerprint density at radius 3 is 2.14 bits per heavy atom. The Morgan fingerprint density at radius 1 is 1.05 bits per heavy atom. The Morgan fingerprint density at radius 2 is 1.62 bits per heavy atom. The molecule has 4 nitrogen and oxygen atoms in total. The fourth-order valence-corrected chi connectivity index (χ4v) is 2.57. The third-order valence-electron chi connectivity index (χ3n) is 4.02. The van der Waals surface area contributed by atoms with Crippen LogP contribution in [0, 0.1) is 17.8 Å². The Bertz CT molecular complexity index is 325. The highest BCUT2D eigenvalue weighted by Gasteiger charge is 2.32. The van der Waals surface area contributed by atoms with Crippen LogP contribution in [0.4, 0.5) is 0 Å². The van der Waals surface area contributed by atoms with Gasteiger partial charge in [-0.05, 0) is 38.0 Å². The molecule has 21 heavy (non-hydrogen) atoms. The summed E-state index contributed by atoms with van der Waals surface area (Å²) in [4.78, 5) is 24.0. The summed E-state index contributed by atoms with van der Waals surface area (Å²) in [6, 6.07) is 0. The summed E-state index contributed by atoms with van der Waals surface area (Å²) in [6.07, 6.45) is 5.96. The molecule has 1 saturated carbocycles. The second kappa shape index (κ2) is 9.80. The third-order valence-corrected chi connectivity index (χ3v) is 4.02. The molecule has 1 rings (SSSR count). The lowest BCUT2D eigenvalue weighted by atomic mass is 9.81. The van der Waals surface area contributed by atoms with Crippen molar-refractivity contribution in [2.45, 2.75) is 65.7 Å². The average molecular weight is 298 g/mol. The molecular weight excluding hydrogens is 268 g/mol. The molecule has 122 valence electrons. The maximum Gasteiger partial charge on any atom is 0.308 e. The third kappa shape index (κ3) is 6.96. The molecular formula is C17H30O4. The Labute approximate surface area is 128 Å². The minimum Gasteiger partial charge on any atom is -0.465 e. The number of carbonyl (C=O) groups excluding carboxylic acids is 2. The fourth-order valence-electron chi connectivity index (χ4n) is 2.57. The van der Waals surface area contributed by atoms with Gasteiger partial charge >= 0.3 is 11.9 Å². The number of rotatable bonds is 8. The van der Waals surface area contributed by atoms with Crippen molar-refractivity contribution in [2.24, 2.45) is 17.8 Å². The molecule has 0 amide bonds. The van der Waals surface area contributed by atoms with Crippen molar-refractivity contribution in [1.82, 2.24) is 0 Å². The lowest BCUT2D eigenvalue weighted by Gasteiger charge is -2.26. The van der Waals surface area contributed by atoms with Gasteiger partial charge in [0.2, 0.25) is 0 Å². The molecule has 0 aromatic carbocycles. The molecule has 4 heteroatoms. The summed E-state index contributed by atoms with van der Waals surface area (Å²) in [7, 11) is 0. The molecule has 1 fully saturated rings. The number of ether oxygens (including phenoxy) is 2. The molecule has 0 saturated heterocycles. The summed E-state index contributed by atoms with van der Waals surface area (Å²) in [5.41, 5.74) is 0. The first-order chi connectivity index (χ1) is 10.0. The SMILES string of the molecule is CCCCOC(=O)C1CCCC(C(=O)OCCC(C)C)C1. The van der Waals surface area contributed by atoms with E-state index in [-0.39, 0.29) is 23.8 Å². The number of esters is 2. The van der Waals surface area contributed by atoms with Gasteiger partial charge in [0.15, 0.2) is 0 Å². The number of hydrogen-bond donors (Lipinski definition) is 0. The van der Waals surface area contributed by atoms with Crippen LogP contribution >= 0.6 is 0 Å². The van der Waals surface area contributed by atoms with Crippen molar-refractivity contribution >= 4 is 11.9 Å². The zero-order chi connectivity index (χ0) is 15.7. The first-order valence-corrected chi connectivity index (χ1v) is 8.37. The standard InChI is InChI=1S/C17H30O4/c1-4-5-10-20-16(18)14-7-6-8-15(12-14)17(19)21-11-9-13(2)3/h13-15H,4-12H2,1-3H3. The van der Waals surface area contributed by atoms with Crippen LogP contribution in [0.15, 0.2) is 0 Å². The smallest absolute Gasteiger partial charge is 0.308 e. The molecule has 0 radical (unpaired) electrons. The summed E-state index contributed by atoms with van der Waals surface area (Å²) >= 11 is 0. The van der Waals surface area contributed by atoms with Gasteiger partial charge < -0.3 is 9.47 Å². The van der Waals surface area contributed by atoms with Gasteiger partial charge in [0.1, 0.15) is 0 Å². The first kappa shape index (κ1) is 18.0. The Kier molecular flexibility index (Phi) is 8.40. The minimum atomic E-state index is -0.137. The van der Waals surface area contributed by atoms with Crippen LogP contribution in [0.2, 0.25) is 0 Å². The van der Waals surface area contributed by atoms with E-state index in [9.17, 15) is 9.59 Å². The van der Waals surface area contributed by atoms with Gasteiger partial charge in [-0.15, -0.1) is 0 Å². The molecule has 0 N–H and O–H groups in total. The largest absolute Gasteiger partial charge is 0.465 e. The quantitative estimate of drug-likeness (QED) is 0.506. The van der Waals surface area contributed by atoms with Crippen molar-refractivity contribution in [1.29, 1.82) is 0 Å². The molecule has 1 aliphatic rings. The minimum absolute atomic E-state index is 0.127. The van der Waals surface area contributed by atoms with E-state index in [1.807, 2.05) is 0 Å². The van der Waals surface area contributed by atoms with Crippen LogP contribution in [0.3, 0.4) is 0 Å². The van der Waals surface area contributed by atoms with E-state index in [4.69, 9.17) is 9.47 Å².